The number of amides is 2. The molecule has 30 heavy (non-hydrogen) atoms. The Morgan fingerprint density at radius 2 is 1.73 bits per heavy atom. The van der Waals surface area contributed by atoms with Crippen molar-refractivity contribution in [2.24, 2.45) is 0 Å². The zero-order valence-corrected chi connectivity index (χ0v) is 16.4. The Kier molecular flexibility index (Phi) is 6.41. The smallest absolute Gasteiger partial charge is 0.387 e. The van der Waals surface area contributed by atoms with Crippen LogP contribution in [-0.4, -0.2) is 28.2 Å². The van der Waals surface area contributed by atoms with E-state index in [0.717, 1.165) is 11.6 Å². The summed E-state index contributed by atoms with van der Waals surface area (Å²) in [6.45, 7) is 0.979. The number of nitrogens with one attached hydrogen (secondary N) is 2. The summed E-state index contributed by atoms with van der Waals surface area (Å²) in [5.74, 6) is -1.36. The summed E-state index contributed by atoms with van der Waals surface area (Å²) in [6, 6.07) is 14.9. The van der Waals surface area contributed by atoms with Crippen LogP contribution in [0, 0.1) is 13.8 Å². The second-order valence-electron chi connectivity index (χ2n) is 6.50. The van der Waals surface area contributed by atoms with Crippen molar-refractivity contribution in [3.63, 3.8) is 0 Å². The maximum Gasteiger partial charge on any atom is 0.387 e. The van der Waals surface area contributed by atoms with E-state index in [9.17, 15) is 18.4 Å². The molecule has 0 aliphatic heterocycles. The van der Waals surface area contributed by atoms with Crippen molar-refractivity contribution in [1.29, 1.82) is 0 Å². The summed E-state index contributed by atoms with van der Waals surface area (Å²) in [5.41, 5.74) is 7.21. The van der Waals surface area contributed by atoms with E-state index in [2.05, 4.69) is 20.7 Å². The summed E-state index contributed by atoms with van der Waals surface area (Å²) < 4.78 is 30.6. The lowest BCUT2D eigenvalue weighted by Gasteiger charge is -2.10. The highest BCUT2D eigenvalue weighted by molar-refractivity contribution is 6.00. The fourth-order valence-electron chi connectivity index (χ4n) is 3.00. The molecule has 0 bridgehead atoms. The molecule has 2 aromatic carbocycles. The topological polar surface area (TPSA) is 85.3 Å². The van der Waals surface area contributed by atoms with E-state index in [1.54, 1.807) is 18.5 Å². The molecule has 0 aliphatic rings. The Morgan fingerprint density at radius 1 is 1.03 bits per heavy atom. The summed E-state index contributed by atoms with van der Waals surface area (Å²) in [6.07, 6.45) is 0. The molecule has 3 aromatic rings. The van der Waals surface area contributed by atoms with Crippen molar-refractivity contribution in [3.05, 3.63) is 82.7 Å². The number of halogens is 2. The third-order valence-corrected chi connectivity index (χ3v) is 4.39. The number of carbonyl (C=O) groups excluding carboxylic acids is 2. The number of ether oxygens (including phenoxy) is 1. The second kappa shape index (κ2) is 9.17. The molecular weight excluding hydrogens is 394 g/mol. The zero-order valence-electron chi connectivity index (χ0n) is 16.4. The lowest BCUT2D eigenvalue weighted by molar-refractivity contribution is -0.0498. The van der Waals surface area contributed by atoms with Crippen molar-refractivity contribution >= 4 is 11.8 Å². The maximum absolute atomic E-state index is 12.6. The molecule has 9 heteroatoms. The normalized spacial score (nSPS) is 10.7. The van der Waals surface area contributed by atoms with Crippen molar-refractivity contribution in [2.75, 3.05) is 0 Å². The third kappa shape index (κ3) is 4.99. The Balaban J connectivity index is 1.67. The van der Waals surface area contributed by atoms with Crippen LogP contribution in [0.5, 0.6) is 5.75 Å². The van der Waals surface area contributed by atoms with E-state index in [1.807, 2.05) is 30.3 Å². The van der Waals surface area contributed by atoms with Gasteiger partial charge in [0.2, 0.25) is 0 Å². The minimum absolute atomic E-state index is 0.0571. The van der Waals surface area contributed by atoms with Gasteiger partial charge in [-0.1, -0.05) is 36.4 Å². The number of rotatable bonds is 6. The number of hydrogen-bond donors (Lipinski definition) is 2. The number of alkyl halides is 2. The monoisotopic (exact) mass is 414 g/mol. The molecule has 7 nitrogen and oxygen atoms in total. The first-order valence-electron chi connectivity index (χ1n) is 9.08. The van der Waals surface area contributed by atoms with Crippen molar-refractivity contribution in [3.8, 4) is 5.75 Å². The number of aromatic nitrogens is 2. The lowest BCUT2D eigenvalue weighted by atomic mass is 10.2. The SMILES string of the molecule is Cc1nn(Cc2ccccc2)c(C)c1C(=O)NNC(=O)c1cccc(OC(F)F)c1. The molecule has 0 saturated heterocycles. The largest absolute Gasteiger partial charge is 0.435 e. The van der Waals surface area contributed by atoms with Gasteiger partial charge in [-0.3, -0.25) is 25.1 Å². The Bertz CT molecular complexity index is 1050. The number of benzene rings is 2. The van der Waals surface area contributed by atoms with Crippen molar-refractivity contribution in [1.82, 2.24) is 20.6 Å². The van der Waals surface area contributed by atoms with Crippen molar-refractivity contribution < 1.29 is 23.1 Å². The molecule has 0 spiro atoms. The quantitative estimate of drug-likeness (QED) is 0.607. The molecule has 1 heterocycles. The second-order valence-corrected chi connectivity index (χ2v) is 6.50. The predicted octanol–water partition coefficient (Wildman–Crippen LogP) is 3.22. The molecule has 3 rings (SSSR count). The van der Waals surface area contributed by atoms with Crippen LogP contribution in [0.4, 0.5) is 8.78 Å². The van der Waals surface area contributed by atoms with Crippen molar-refractivity contribution in [2.45, 2.75) is 27.0 Å². The van der Waals surface area contributed by atoms with E-state index < -0.39 is 18.4 Å². The van der Waals surface area contributed by atoms with Gasteiger partial charge in [-0.05, 0) is 37.6 Å². The van der Waals surface area contributed by atoms with Gasteiger partial charge in [-0.25, -0.2) is 0 Å². The molecule has 0 radical (unpaired) electrons. The number of nitrogens with zero attached hydrogens (tertiary/aromatic N) is 2. The number of aryl methyl sites for hydroxylation is 1. The van der Waals surface area contributed by atoms with Gasteiger partial charge >= 0.3 is 6.61 Å². The van der Waals surface area contributed by atoms with E-state index in [0.29, 0.717) is 23.5 Å². The summed E-state index contributed by atoms with van der Waals surface area (Å²) in [4.78, 5) is 24.8. The number of carbonyl (C=O) groups is 2. The molecule has 156 valence electrons. The van der Waals surface area contributed by atoms with Crippen LogP contribution in [0.3, 0.4) is 0 Å². The van der Waals surface area contributed by atoms with Gasteiger partial charge in [0.15, 0.2) is 0 Å². The Hall–Kier alpha value is -3.75. The van der Waals surface area contributed by atoms with Crippen LogP contribution in [0.2, 0.25) is 0 Å². The van der Waals surface area contributed by atoms with Gasteiger partial charge in [0.1, 0.15) is 5.75 Å². The highest BCUT2D eigenvalue weighted by Gasteiger charge is 2.19. The first-order valence-corrected chi connectivity index (χ1v) is 9.08. The minimum Gasteiger partial charge on any atom is -0.435 e. The van der Waals surface area contributed by atoms with Gasteiger partial charge in [0.25, 0.3) is 11.8 Å². The van der Waals surface area contributed by atoms with Crippen LogP contribution in [-0.2, 0) is 6.54 Å². The fourth-order valence-corrected chi connectivity index (χ4v) is 3.00. The molecular formula is C21H20F2N4O3. The Labute approximate surface area is 171 Å². The number of hydrogen-bond acceptors (Lipinski definition) is 4. The molecule has 0 aliphatic carbocycles. The van der Waals surface area contributed by atoms with Crippen LogP contribution in [0.1, 0.15) is 37.7 Å². The summed E-state index contributed by atoms with van der Waals surface area (Å²) in [5, 5.41) is 4.41. The van der Waals surface area contributed by atoms with Gasteiger partial charge in [-0.2, -0.15) is 13.9 Å². The highest BCUT2D eigenvalue weighted by Crippen LogP contribution is 2.16. The predicted molar refractivity (Wildman–Crippen MR) is 105 cm³/mol. The van der Waals surface area contributed by atoms with Crippen LogP contribution < -0.4 is 15.6 Å². The van der Waals surface area contributed by atoms with Gasteiger partial charge < -0.3 is 4.74 Å². The van der Waals surface area contributed by atoms with E-state index in [-0.39, 0.29) is 11.3 Å². The van der Waals surface area contributed by atoms with E-state index in [4.69, 9.17) is 0 Å². The van der Waals surface area contributed by atoms with Gasteiger partial charge in [0, 0.05) is 11.3 Å². The van der Waals surface area contributed by atoms with E-state index in [1.165, 1.54) is 18.2 Å². The number of hydrazine groups is 1. The highest BCUT2D eigenvalue weighted by atomic mass is 19.3. The molecule has 0 atom stereocenters. The van der Waals surface area contributed by atoms with Crippen LogP contribution in [0.25, 0.3) is 0 Å². The standard InChI is InChI=1S/C21H20F2N4O3/c1-13-18(14(2)27(26-13)12-15-7-4-3-5-8-15)20(29)25-24-19(28)16-9-6-10-17(11-16)30-21(22)23/h3-11,21H,12H2,1-2H3,(H,24,28)(H,25,29). The zero-order chi connectivity index (χ0) is 21.7. The molecule has 1 aromatic heterocycles. The fraction of sp³-hybridized carbons (Fsp3) is 0.190. The van der Waals surface area contributed by atoms with E-state index >= 15 is 0 Å². The summed E-state index contributed by atoms with van der Waals surface area (Å²) in [7, 11) is 0. The maximum atomic E-state index is 12.6. The van der Waals surface area contributed by atoms with Crippen LogP contribution in [0.15, 0.2) is 54.6 Å². The molecule has 2 N–H and O–H groups in total. The van der Waals surface area contributed by atoms with Crippen LogP contribution >= 0.6 is 0 Å². The Morgan fingerprint density at radius 3 is 2.43 bits per heavy atom. The molecule has 2 amide bonds. The first-order chi connectivity index (χ1) is 14.3. The lowest BCUT2D eigenvalue weighted by Crippen LogP contribution is -2.42. The third-order valence-electron chi connectivity index (χ3n) is 4.39. The van der Waals surface area contributed by atoms with Gasteiger partial charge in [0.05, 0.1) is 17.8 Å². The first kappa shape index (κ1) is 21.0. The molecule has 0 saturated carbocycles. The average molecular weight is 414 g/mol. The molecule has 0 unspecified atom stereocenters. The average Bonchev–Trinajstić information content (AvgIpc) is 2.99. The minimum atomic E-state index is -3.00. The van der Waals surface area contributed by atoms with Gasteiger partial charge in [-0.15, -0.1) is 0 Å². The summed E-state index contributed by atoms with van der Waals surface area (Å²) >= 11 is 0. The molecule has 0 fully saturated rings.